The van der Waals surface area contributed by atoms with Gasteiger partial charge in [0.15, 0.2) is 0 Å². The zero-order chi connectivity index (χ0) is 26.7. The third-order valence-electron chi connectivity index (χ3n) is 5.31. The standard InChI is InChI=1S/C23H36N4O7S/c1-12(2)19(23(33)34)27-21(31)17(11-14-5-7-15(29)8-6-14)26-20(30)16(9-10-35-4)25-22(32)18(24)13(3)28/h5-8,12-13,16-19,28-29H,9-11,24H2,1-4H3,(H,25,32)(H,26,30)(H,27,31)(H,33,34). The van der Waals surface area contributed by atoms with E-state index in [1.54, 1.807) is 26.0 Å². The van der Waals surface area contributed by atoms with Crippen molar-refractivity contribution in [3.8, 4) is 5.75 Å². The molecule has 8 N–H and O–H groups in total. The van der Waals surface area contributed by atoms with Crippen molar-refractivity contribution < 1.29 is 34.5 Å². The van der Waals surface area contributed by atoms with Gasteiger partial charge in [0.2, 0.25) is 17.7 Å². The second kappa shape index (κ2) is 14.5. The van der Waals surface area contributed by atoms with Gasteiger partial charge in [-0.15, -0.1) is 0 Å². The number of thioether (sulfide) groups is 1. The van der Waals surface area contributed by atoms with Crippen molar-refractivity contribution in [1.82, 2.24) is 16.0 Å². The van der Waals surface area contributed by atoms with Crippen LogP contribution in [0.3, 0.4) is 0 Å². The fourth-order valence-electron chi connectivity index (χ4n) is 3.11. The molecule has 0 aromatic heterocycles. The van der Waals surface area contributed by atoms with Crippen molar-refractivity contribution in [3.05, 3.63) is 29.8 Å². The second-order valence-electron chi connectivity index (χ2n) is 8.61. The number of aliphatic carboxylic acids is 1. The maximum Gasteiger partial charge on any atom is 0.326 e. The number of aliphatic hydroxyl groups is 1. The van der Waals surface area contributed by atoms with Crippen molar-refractivity contribution in [2.75, 3.05) is 12.0 Å². The molecule has 1 aromatic rings. The number of aliphatic hydroxyl groups excluding tert-OH is 1. The molecule has 0 radical (unpaired) electrons. The Balaban J connectivity index is 3.14. The summed E-state index contributed by atoms with van der Waals surface area (Å²) in [6.07, 6.45) is 0.953. The van der Waals surface area contributed by atoms with E-state index in [1.165, 1.54) is 30.8 Å². The number of phenolic OH excluding ortho intramolecular Hbond substituents is 1. The van der Waals surface area contributed by atoms with Gasteiger partial charge in [-0.1, -0.05) is 26.0 Å². The molecule has 3 amide bonds. The van der Waals surface area contributed by atoms with Crippen molar-refractivity contribution in [2.45, 2.75) is 63.9 Å². The van der Waals surface area contributed by atoms with Crippen molar-refractivity contribution in [2.24, 2.45) is 11.7 Å². The maximum atomic E-state index is 13.1. The summed E-state index contributed by atoms with van der Waals surface area (Å²) >= 11 is 1.45. The number of carbonyl (C=O) groups excluding carboxylic acids is 3. The van der Waals surface area contributed by atoms with E-state index in [4.69, 9.17) is 5.73 Å². The first kappa shape index (κ1) is 30.2. The highest BCUT2D eigenvalue weighted by Crippen LogP contribution is 2.13. The predicted molar refractivity (Wildman–Crippen MR) is 133 cm³/mol. The lowest BCUT2D eigenvalue weighted by molar-refractivity contribution is -0.143. The van der Waals surface area contributed by atoms with E-state index in [2.05, 4.69) is 16.0 Å². The lowest BCUT2D eigenvalue weighted by Gasteiger charge is -2.26. The van der Waals surface area contributed by atoms with Gasteiger partial charge >= 0.3 is 5.97 Å². The van der Waals surface area contributed by atoms with Crippen LogP contribution in [0.15, 0.2) is 24.3 Å². The Morgan fingerprint density at radius 2 is 1.49 bits per heavy atom. The molecule has 11 nitrogen and oxygen atoms in total. The van der Waals surface area contributed by atoms with Gasteiger partial charge in [0.25, 0.3) is 0 Å². The molecule has 0 aliphatic heterocycles. The molecule has 0 heterocycles. The van der Waals surface area contributed by atoms with Gasteiger partial charge in [0.1, 0.15) is 29.9 Å². The average Bonchev–Trinajstić information content (AvgIpc) is 2.79. The first-order chi connectivity index (χ1) is 16.4. The summed E-state index contributed by atoms with van der Waals surface area (Å²) in [7, 11) is 0. The topological polar surface area (TPSA) is 191 Å². The smallest absolute Gasteiger partial charge is 0.326 e. The number of carbonyl (C=O) groups is 4. The zero-order valence-corrected chi connectivity index (χ0v) is 21.2. The molecular weight excluding hydrogens is 476 g/mol. The number of carboxylic acids is 1. The minimum atomic E-state index is -1.24. The van der Waals surface area contributed by atoms with E-state index in [1.807, 2.05) is 6.26 Å². The second-order valence-corrected chi connectivity index (χ2v) is 9.59. The van der Waals surface area contributed by atoms with Crippen LogP contribution in [0.4, 0.5) is 0 Å². The molecule has 0 fully saturated rings. The highest BCUT2D eigenvalue weighted by atomic mass is 32.2. The van der Waals surface area contributed by atoms with Crippen LogP contribution in [0.5, 0.6) is 5.75 Å². The van der Waals surface area contributed by atoms with Crippen LogP contribution in [0, 0.1) is 5.92 Å². The van der Waals surface area contributed by atoms with E-state index in [-0.39, 0.29) is 18.6 Å². The average molecular weight is 513 g/mol. The fourth-order valence-corrected chi connectivity index (χ4v) is 3.58. The number of amides is 3. The van der Waals surface area contributed by atoms with Gasteiger partial charge in [-0.05, 0) is 49.0 Å². The Morgan fingerprint density at radius 1 is 0.943 bits per heavy atom. The van der Waals surface area contributed by atoms with Crippen LogP contribution in [0.2, 0.25) is 0 Å². The van der Waals surface area contributed by atoms with Crippen LogP contribution < -0.4 is 21.7 Å². The third-order valence-corrected chi connectivity index (χ3v) is 5.95. The van der Waals surface area contributed by atoms with E-state index in [9.17, 15) is 34.5 Å². The number of phenols is 1. The molecule has 5 atom stereocenters. The number of hydrogen-bond donors (Lipinski definition) is 7. The molecule has 0 saturated carbocycles. The lowest BCUT2D eigenvalue weighted by Crippen LogP contribution is -2.59. The Bertz CT molecular complexity index is 864. The summed E-state index contributed by atoms with van der Waals surface area (Å²) < 4.78 is 0. The molecular formula is C23H36N4O7S. The minimum Gasteiger partial charge on any atom is -0.508 e. The molecule has 1 rings (SSSR count). The molecule has 0 bridgehead atoms. The summed E-state index contributed by atoms with van der Waals surface area (Å²) in [5, 5.41) is 36.1. The van der Waals surface area contributed by atoms with Gasteiger partial charge < -0.3 is 37.0 Å². The maximum absolute atomic E-state index is 13.1. The van der Waals surface area contributed by atoms with Gasteiger partial charge in [-0.3, -0.25) is 14.4 Å². The number of carboxylic acid groups (broad SMARTS) is 1. The molecule has 0 aliphatic carbocycles. The molecule has 5 unspecified atom stereocenters. The van der Waals surface area contributed by atoms with E-state index < -0.39 is 59.9 Å². The number of nitrogens with two attached hydrogens (primary N) is 1. The normalized spacial score (nSPS) is 15.4. The van der Waals surface area contributed by atoms with Crippen molar-refractivity contribution >= 4 is 35.5 Å². The highest BCUT2D eigenvalue weighted by Gasteiger charge is 2.31. The first-order valence-electron chi connectivity index (χ1n) is 11.2. The van der Waals surface area contributed by atoms with Gasteiger partial charge in [0, 0.05) is 6.42 Å². The summed E-state index contributed by atoms with van der Waals surface area (Å²) in [6.45, 7) is 4.64. The minimum absolute atomic E-state index is 0.0126. The zero-order valence-electron chi connectivity index (χ0n) is 20.4. The summed E-state index contributed by atoms with van der Waals surface area (Å²) in [5.74, 6) is -3.14. The lowest BCUT2D eigenvalue weighted by atomic mass is 10.0. The van der Waals surface area contributed by atoms with Crippen LogP contribution in [-0.2, 0) is 25.6 Å². The Hall–Kier alpha value is -2.83. The fraction of sp³-hybridized carbons (Fsp3) is 0.565. The first-order valence-corrected chi connectivity index (χ1v) is 12.6. The SMILES string of the molecule is CSCCC(NC(=O)C(N)C(C)O)C(=O)NC(Cc1ccc(O)cc1)C(=O)NC(C(=O)O)C(C)C. The Kier molecular flexibility index (Phi) is 12.5. The highest BCUT2D eigenvalue weighted by molar-refractivity contribution is 7.98. The largest absolute Gasteiger partial charge is 0.508 e. The number of benzene rings is 1. The van der Waals surface area contributed by atoms with E-state index in [0.29, 0.717) is 11.3 Å². The molecule has 0 saturated heterocycles. The molecule has 12 heteroatoms. The molecule has 0 spiro atoms. The summed E-state index contributed by atoms with van der Waals surface area (Å²) in [6, 6.07) is 1.41. The van der Waals surface area contributed by atoms with Crippen molar-refractivity contribution in [1.29, 1.82) is 0 Å². The Morgan fingerprint density at radius 3 is 1.97 bits per heavy atom. The molecule has 35 heavy (non-hydrogen) atoms. The molecule has 196 valence electrons. The van der Waals surface area contributed by atoms with Gasteiger partial charge in [0.05, 0.1) is 6.10 Å². The van der Waals surface area contributed by atoms with Gasteiger partial charge in [-0.2, -0.15) is 11.8 Å². The van der Waals surface area contributed by atoms with Crippen LogP contribution in [0.1, 0.15) is 32.8 Å². The van der Waals surface area contributed by atoms with Gasteiger partial charge in [-0.25, -0.2) is 4.79 Å². The van der Waals surface area contributed by atoms with E-state index >= 15 is 0 Å². The number of rotatable bonds is 14. The van der Waals surface area contributed by atoms with Crippen molar-refractivity contribution in [3.63, 3.8) is 0 Å². The molecule has 1 aromatic carbocycles. The number of aromatic hydroxyl groups is 1. The Labute approximate surface area is 209 Å². The predicted octanol–water partition coefficient (Wildman–Crippen LogP) is -0.409. The number of nitrogens with one attached hydrogen (secondary N) is 3. The van der Waals surface area contributed by atoms with E-state index in [0.717, 1.165) is 0 Å². The van der Waals surface area contributed by atoms with Crippen LogP contribution in [-0.4, -0.2) is 81.3 Å². The summed E-state index contributed by atoms with van der Waals surface area (Å²) in [4.78, 5) is 50.1. The third kappa shape index (κ3) is 10.1. The molecule has 0 aliphatic rings. The quantitative estimate of drug-likeness (QED) is 0.174. The monoisotopic (exact) mass is 512 g/mol. The number of hydrogen-bond acceptors (Lipinski definition) is 8. The van der Waals surface area contributed by atoms with Crippen LogP contribution in [0.25, 0.3) is 0 Å². The summed E-state index contributed by atoms with van der Waals surface area (Å²) in [5.41, 5.74) is 6.28. The van der Waals surface area contributed by atoms with Crippen LogP contribution >= 0.6 is 11.8 Å².